The average molecular weight is 386 g/mol. The number of carbonyl (C=O) groups excluding carboxylic acids is 1. The fourth-order valence-corrected chi connectivity index (χ4v) is 5.03. The number of rotatable bonds is 5. The Kier molecular flexibility index (Phi) is 4.74. The second-order valence-electron chi connectivity index (χ2n) is 6.38. The zero-order valence-corrected chi connectivity index (χ0v) is 15.9. The van der Waals surface area contributed by atoms with Crippen molar-refractivity contribution in [2.24, 2.45) is 5.92 Å². The van der Waals surface area contributed by atoms with E-state index in [1.54, 1.807) is 11.3 Å². The molecule has 0 amide bonds. The average Bonchev–Trinajstić information content (AvgIpc) is 3.33. The van der Waals surface area contributed by atoms with Gasteiger partial charge < -0.3 is 9.72 Å². The highest BCUT2D eigenvalue weighted by Gasteiger charge is 2.17. The van der Waals surface area contributed by atoms with Crippen LogP contribution in [-0.2, 0) is 16.1 Å². The molecule has 4 rings (SSSR count). The van der Waals surface area contributed by atoms with Gasteiger partial charge in [0.15, 0.2) is 0 Å². The van der Waals surface area contributed by atoms with Gasteiger partial charge in [0.25, 0.3) is 5.56 Å². The molecule has 7 heteroatoms. The lowest BCUT2D eigenvalue weighted by atomic mass is 10.1. The van der Waals surface area contributed by atoms with Gasteiger partial charge in [-0.3, -0.25) is 9.59 Å². The maximum atomic E-state index is 12.6. The van der Waals surface area contributed by atoms with E-state index >= 15 is 0 Å². The number of ether oxygens (including phenoxy) is 1. The number of hydrogen-bond acceptors (Lipinski definition) is 6. The van der Waals surface area contributed by atoms with Crippen molar-refractivity contribution >= 4 is 38.9 Å². The Morgan fingerprint density at radius 1 is 1.42 bits per heavy atom. The summed E-state index contributed by atoms with van der Waals surface area (Å²) in [6.45, 7) is 2.03. The number of aromatic amines is 1. The zero-order chi connectivity index (χ0) is 18.1. The Morgan fingerprint density at radius 2 is 2.31 bits per heavy atom. The van der Waals surface area contributed by atoms with Crippen molar-refractivity contribution in [2.75, 3.05) is 0 Å². The molecule has 0 bridgehead atoms. The monoisotopic (exact) mass is 386 g/mol. The molecule has 1 aliphatic carbocycles. The highest BCUT2D eigenvalue weighted by atomic mass is 32.1. The minimum absolute atomic E-state index is 0.00814. The predicted molar refractivity (Wildman–Crippen MR) is 105 cm³/mol. The molecule has 0 fully saturated rings. The Bertz CT molecular complexity index is 1040. The van der Waals surface area contributed by atoms with Crippen LogP contribution in [0.25, 0.3) is 20.7 Å². The Hall–Kier alpha value is -2.25. The molecule has 0 spiro atoms. The van der Waals surface area contributed by atoms with Gasteiger partial charge in [-0.25, -0.2) is 4.98 Å². The summed E-state index contributed by atoms with van der Waals surface area (Å²) in [5.41, 5.74) is 0.718. The first-order valence-corrected chi connectivity index (χ1v) is 10.2. The number of nitrogens with one attached hydrogen (secondary N) is 1. The van der Waals surface area contributed by atoms with E-state index in [4.69, 9.17) is 4.74 Å². The number of allylic oxidation sites excluding steroid dienone is 2. The van der Waals surface area contributed by atoms with Crippen molar-refractivity contribution < 1.29 is 9.53 Å². The molecule has 1 aliphatic rings. The van der Waals surface area contributed by atoms with E-state index in [9.17, 15) is 9.59 Å². The first kappa shape index (κ1) is 17.2. The van der Waals surface area contributed by atoms with Gasteiger partial charge >= 0.3 is 5.97 Å². The van der Waals surface area contributed by atoms with Crippen molar-refractivity contribution in [3.05, 3.63) is 50.7 Å². The number of esters is 1. The predicted octanol–water partition coefficient (Wildman–Crippen LogP) is 4.42. The van der Waals surface area contributed by atoms with Gasteiger partial charge in [0.05, 0.1) is 11.8 Å². The molecule has 26 heavy (non-hydrogen) atoms. The molecule has 0 saturated carbocycles. The van der Waals surface area contributed by atoms with Crippen molar-refractivity contribution in [2.45, 2.75) is 32.8 Å². The third kappa shape index (κ3) is 3.50. The molecule has 0 aromatic carbocycles. The molecule has 0 unspecified atom stereocenters. The lowest BCUT2D eigenvalue weighted by Crippen LogP contribution is -2.15. The first-order valence-electron chi connectivity index (χ1n) is 8.49. The Labute approximate surface area is 158 Å². The molecule has 3 heterocycles. The standard InChI is InChI=1S/C19H18N2O3S2/c1-11-6-7-14(26-11)13-10-25-19-17(13)18(23)20-15(21-19)9-24-16(22)8-12-4-2-3-5-12/h2,4,6-7,10,12H,3,5,8-9H2,1H3,(H,20,21,23)/t12-/m1/s1. The second kappa shape index (κ2) is 7.17. The highest BCUT2D eigenvalue weighted by molar-refractivity contribution is 7.19. The largest absolute Gasteiger partial charge is 0.457 e. The first-order chi connectivity index (χ1) is 12.6. The molecule has 1 N–H and O–H groups in total. The maximum absolute atomic E-state index is 12.6. The molecule has 0 saturated heterocycles. The van der Waals surface area contributed by atoms with Crippen LogP contribution in [0.2, 0.25) is 0 Å². The summed E-state index contributed by atoms with van der Waals surface area (Å²) in [6, 6.07) is 4.06. The molecule has 5 nitrogen and oxygen atoms in total. The number of thiophene rings is 2. The zero-order valence-electron chi connectivity index (χ0n) is 14.3. The van der Waals surface area contributed by atoms with Crippen LogP contribution in [0.5, 0.6) is 0 Å². The summed E-state index contributed by atoms with van der Waals surface area (Å²) in [5.74, 6) is 0.393. The fourth-order valence-electron chi connectivity index (χ4n) is 3.11. The van der Waals surface area contributed by atoms with Crippen LogP contribution in [0.4, 0.5) is 0 Å². The van der Waals surface area contributed by atoms with Crippen LogP contribution in [0, 0.1) is 12.8 Å². The number of aryl methyl sites for hydroxylation is 1. The third-order valence-corrected chi connectivity index (χ3v) is 6.32. The van der Waals surface area contributed by atoms with Crippen molar-refractivity contribution in [3.63, 3.8) is 0 Å². The molecule has 3 aromatic heterocycles. The van der Waals surface area contributed by atoms with E-state index < -0.39 is 0 Å². The molecule has 3 aromatic rings. The van der Waals surface area contributed by atoms with E-state index in [2.05, 4.69) is 22.1 Å². The van der Waals surface area contributed by atoms with E-state index in [1.807, 2.05) is 24.4 Å². The van der Waals surface area contributed by atoms with E-state index in [1.165, 1.54) is 16.2 Å². The lowest BCUT2D eigenvalue weighted by Gasteiger charge is -2.07. The van der Waals surface area contributed by atoms with Crippen LogP contribution >= 0.6 is 22.7 Å². The van der Waals surface area contributed by atoms with Gasteiger partial charge in [0.2, 0.25) is 0 Å². The van der Waals surface area contributed by atoms with Gasteiger partial charge in [-0.05, 0) is 37.8 Å². The van der Waals surface area contributed by atoms with Crippen LogP contribution in [0.1, 0.15) is 30.0 Å². The van der Waals surface area contributed by atoms with Crippen LogP contribution in [-0.4, -0.2) is 15.9 Å². The van der Waals surface area contributed by atoms with E-state index in [0.29, 0.717) is 22.5 Å². The third-order valence-electron chi connectivity index (χ3n) is 4.41. The summed E-state index contributed by atoms with van der Waals surface area (Å²) >= 11 is 3.09. The smallest absolute Gasteiger partial charge is 0.306 e. The molecule has 0 aliphatic heterocycles. The van der Waals surface area contributed by atoms with Crippen molar-refractivity contribution in [3.8, 4) is 10.4 Å². The normalized spacial score (nSPS) is 16.4. The number of hydrogen-bond donors (Lipinski definition) is 1. The van der Waals surface area contributed by atoms with E-state index in [-0.39, 0.29) is 24.1 Å². The quantitative estimate of drug-likeness (QED) is 0.520. The molecular formula is C19H18N2O3S2. The molecule has 134 valence electrons. The number of carbonyl (C=O) groups is 1. The van der Waals surface area contributed by atoms with Gasteiger partial charge in [0.1, 0.15) is 17.3 Å². The van der Waals surface area contributed by atoms with Gasteiger partial charge in [0, 0.05) is 20.7 Å². The number of aromatic nitrogens is 2. The number of fused-ring (bicyclic) bond motifs is 1. The minimum Gasteiger partial charge on any atom is -0.457 e. The maximum Gasteiger partial charge on any atom is 0.306 e. The number of H-pyrrole nitrogens is 1. The van der Waals surface area contributed by atoms with Crippen LogP contribution in [0.3, 0.4) is 0 Å². The summed E-state index contributed by atoms with van der Waals surface area (Å²) in [7, 11) is 0. The second-order valence-corrected chi connectivity index (χ2v) is 8.53. The minimum atomic E-state index is -0.259. The van der Waals surface area contributed by atoms with Gasteiger partial charge in [-0.15, -0.1) is 22.7 Å². The van der Waals surface area contributed by atoms with Gasteiger partial charge in [-0.2, -0.15) is 0 Å². The summed E-state index contributed by atoms with van der Waals surface area (Å²) in [6.07, 6.45) is 6.55. The summed E-state index contributed by atoms with van der Waals surface area (Å²) in [4.78, 5) is 34.6. The lowest BCUT2D eigenvalue weighted by molar-refractivity contribution is -0.145. The van der Waals surface area contributed by atoms with Crippen LogP contribution in [0.15, 0.2) is 34.5 Å². The van der Waals surface area contributed by atoms with Gasteiger partial charge in [-0.1, -0.05) is 12.2 Å². The molecule has 1 atom stereocenters. The SMILES string of the molecule is Cc1ccc(-c2csc3nc(COC(=O)C[C@@H]4C=CCC4)[nH]c(=O)c23)s1. The highest BCUT2D eigenvalue weighted by Crippen LogP contribution is 2.35. The summed E-state index contributed by atoms with van der Waals surface area (Å²) in [5, 5.41) is 2.56. The van der Waals surface area contributed by atoms with E-state index in [0.717, 1.165) is 23.3 Å². The Balaban J connectivity index is 1.51. The van der Waals surface area contributed by atoms with Crippen molar-refractivity contribution in [1.29, 1.82) is 0 Å². The number of nitrogens with zero attached hydrogens (tertiary/aromatic N) is 1. The topological polar surface area (TPSA) is 72.0 Å². The van der Waals surface area contributed by atoms with Crippen LogP contribution < -0.4 is 5.56 Å². The Morgan fingerprint density at radius 3 is 3.04 bits per heavy atom. The van der Waals surface area contributed by atoms with Crippen molar-refractivity contribution in [1.82, 2.24) is 9.97 Å². The fraction of sp³-hybridized carbons (Fsp3) is 0.316. The molecular weight excluding hydrogens is 368 g/mol. The molecule has 0 radical (unpaired) electrons. The summed E-state index contributed by atoms with van der Waals surface area (Å²) < 4.78 is 5.29.